The van der Waals surface area contributed by atoms with Crippen molar-refractivity contribution in [1.29, 1.82) is 0 Å². The number of benzene rings is 1. The lowest BCUT2D eigenvalue weighted by Gasteiger charge is -2.26. The molecule has 2 amide bonds. The summed E-state index contributed by atoms with van der Waals surface area (Å²) in [6.07, 6.45) is 1.19. The molecule has 0 spiro atoms. The van der Waals surface area contributed by atoms with Crippen LogP contribution < -0.4 is 10.4 Å². The number of hydroxylamine groups is 1. The molecule has 1 heterocycles. The van der Waals surface area contributed by atoms with E-state index in [-0.39, 0.29) is 13.0 Å². The molecule has 27 heavy (non-hydrogen) atoms. The van der Waals surface area contributed by atoms with Gasteiger partial charge < -0.3 is 4.74 Å². The molecule has 2 N–H and O–H groups in total. The average Bonchev–Trinajstić information content (AvgIpc) is 2.99. The van der Waals surface area contributed by atoms with E-state index in [0.717, 1.165) is 17.4 Å². The van der Waals surface area contributed by atoms with Gasteiger partial charge in [-0.3, -0.25) is 14.9 Å². The predicted octanol–water partition coefficient (Wildman–Crippen LogP) is 2.13. The van der Waals surface area contributed by atoms with Crippen molar-refractivity contribution >= 4 is 33.1 Å². The van der Waals surface area contributed by atoms with Crippen molar-refractivity contribution in [1.82, 2.24) is 5.48 Å². The Labute approximate surface area is 158 Å². The highest BCUT2D eigenvalue weighted by Crippen LogP contribution is 2.30. The van der Waals surface area contributed by atoms with Gasteiger partial charge in [-0.2, -0.15) is 0 Å². The van der Waals surface area contributed by atoms with Crippen molar-refractivity contribution < 1.29 is 28.0 Å². The first-order valence-electron chi connectivity index (χ1n) is 8.39. The number of sulfone groups is 1. The summed E-state index contributed by atoms with van der Waals surface area (Å²) in [6.45, 7) is 5.21. The zero-order valence-corrected chi connectivity index (χ0v) is 16.5. The van der Waals surface area contributed by atoms with E-state index in [1.165, 1.54) is 17.3 Å². The minimum atomic E-state index is -3.87. The van der Waals surface area contributed by atoms with Crippen LogP contribution in [0.2, 0.25) is 0 Å². The van der Waals surface area contributed by atoms with Gasteiger partial charge in [-0.15, -0.1) is 0 Å². The molecule has 1 aromatic carbocycles. The van der Waals surface area contributed by atoms with Crippen LogP contribution in [0.1, 0.15) is 32.8 Å². The summed E-state index contributed by atoms with van der Waals surface area (Å²) in [5, 5.41) is 8.89. The van der Waals surface area contributed by atoms with Crippen molar-refractivity contribution in [3.63, 3.8) is 0 Å². The van der Waals surface area contributed by atoms with Crippen molar-refractivity contribution in [3.8, 4) is 0 Å². The zero-order chi connectivity index (χ0) is 20.4. The van der Waals surface area contributed by atoms with Gasteiger partial charge in [0, 0.05) is 18.4 Å². The monoisotopic (exact) mass is 396 g/mol. The Morgan fingerprint density at radius 2 is 2.00 bits per heavy atom. The van der Waals surface area contributed by atoms with Crippen LogP contribution in [0, 0.1) is 0 Å². The van der Waals surface area contributed by atoms with E-state index in [1.807, 2.05) is 32.1 Å². The Morgan fingerprint density at radius 1 is 1.41 bits per heavy atom. The number of amides is 2. The van der Waals surface area contributed by atoms with Crippen molar-refractivity contribution in [2.24, 2.45) is 0 Å². The number of rotatable bonds is 6. The van der Waals surface area contributed by atoms with Crippen LogP contribution in [0.5, 0.6) is 0 Å². The first-order chi connectivity index (χ1) is 12.5. The predicted molar refractivity (Wildman–Crippen MR) is 101 cm³/mol. The molecule has 1 aromatic rings. The lowest BCUT2D eigenvalue weighted by atomic mass is 10.0. The van der Waals surface area contributed by atoms with E-state index in [0.29, 0.717) is 5.69 Å². The van der Waals surface area contributed by atoms with Gasteiger partial charge >= 0.3 is 6.09 Å². The first kappa shape index (κ1) is 20.9. The number of nitrogens with zero attached hydrogens (tertiary/aromatic N) is 1. The van der Waals surface area contributed by atoms with Crippen molar-refractivity contribution in [2.75, 3.05) is 17.7 Å². The quantitative estimate of drug-likeness (QED) is 0.563. The molecule has 0 aromatic heterocycles. The average molecular weight is 396 g/mol. The molecule has 0 unspecified atom stereocenters. The molecule has 0 aliphatic carbocycles. The number of carbonyl (C=O) groups excluding carboxylic acids is 2. The summed E-state index contributed by atoms with van der Waals surface area (Å²) in [6, 6.07) is 7.32. The molecule has 148 valence electrons. The highest BCUT2D eigenvalue weighted by atomic mass is 32.2. The van der Waals surface area contributed by atoms with Gasteiger partial charge in [0.1, 0.15) is 6.10 Å². The summed E-state index contributed by atoms with van der Waals surface area (Å²) in [7, 11) is -3.87. The topological polar surface area (TPSA) is 113 Å². The summed E-state index contributed by atoms with van der Waals surface area (Å²) in [4.78, 5) is 25.5. The van der Waals surface area contributed by atoms with E-state index >= 15 is 0 Å². The third kappa shape index (κ3) is 4.14. The van der Waals surface area contributed by atoms with Crippen LogP contribution >= 0.6 is 0 Å². The van der Waals surface area contributed by atoms with Crippen LogP contribution in [0.3, 0.4) is 0 Å². The fourth-order valence-corrected chi connectivity index (χ4v) is 3.75. The summed E-state index contributed by atoms with van der Waals surface area (Å²) in [5.74, 6) is -1.06. The van der Waals surface area contributed by atoms with E-state index in [9.17, 15) is 18.0 Å². The van der Waals surface area contributed by atoms with E-state index in [1.54, 1.807) is 12.1 Å². The molecular formula is C18H24N2O6S. The second-order valence-electron chi connectivity index (χ2n) is 6.78. The summed E-state index contributed by atoms with van der Waals surface area (Å²) >= 11 is 0. The number of cyclic esters (lactones) is 1. The van der Waals surface area contributed by atoms with Crippen molar-refractivity contribution in [3.05, 3.63) is 35.9 Å². The maximum absolute atomic E-state index is 12.2. The zero-order valence-electron chi connectivity index (χ0n) is 15.7. The van der Waals surface area contributed by atoms with Gasteiger partial charge in [0.05, 0.1) is 6.54 Å². The standard InChI is InChI=1S/C18H24N2O6S/c1-5-12(2)13-6-8-14(9-7-13)20-11-15(26-17(20)22)10-18(3,16(21)19-23)27(4,24)25/h5-9,15,23H,10-11H2,1-4H3,(H,19,21)/b12-5+/t15-,18+/m0/s1. The molecule has 0 saturated carbocycles. The van der Waals surface area contributed by atoms with Crippen LogP contribution in [0.25, 0.3) is 5.57 Å². The second-order valence-corrected chi connectivity index (χ2v) is 9.23. The highest BCUT2D eigenvalue weighted by molar-refractivity contribution is 7.92. The molecule has 1 fully saturated rings. The second kappa shape index (κ2) is 7.69. The number of carbonyl (C=O) groups is 2. The number of anilines is 1. The number of allylic oxidation sites excluding steroid dienone is 2. The molecule has 2 atom stereocenters. The fourth-order valence-electron chi connectivity index (χ4n) is 2.87. The normalized spacial score (nSPS) is 20.2. The van der Waals surface area contributed by atoms with Crippen LogP contribution in [-0.2, 0) is 19.4 Å². The Balaban J connectivity index is 2.21. The van der Waals surface area contributed by atoms with Gasteiger partial charge in [-0.1, -0.05) is 18.2 Å². The van der Waals surface area contributed by atoms with Gasteiger partial charge in [0.15, 0.2) is 14.6 Å². The smallest absolute Gasteiger partial charge is 0.414 e. The number of ether oxygens (including phenoxy) is 1. The summed E-state index contributed by atoms with van der Waals surface area (Å²) in [5.41, 5.74) is 4.12. The Morgan fingerprint density at radius 3 is 2.48 bits per heavy atom. The molecule has 8 nitrogen and oxygen atoms in total. The molecule has 0 radical (unpaired) electrons. The van der Waals surface area contributed by atoms with E-state index in [4.69, 9.17) is 9.94 Å². The number of hydrogen-bond acceptors (Lipinski definition) is 6. The maximum Gasteiger partial charge on any atom is 0.414 e. The van der Waals surface area contributed by atoms with Gasteiger partial charge in [0.25, 0.3) is 5.91 Å². The van der Waals surface area contributed by atoms with Gasteiger partial charge in [0.2, 0.25) is 0 Å². The molecule has 1 saturated heterocycles. The highest BCUT2D eigenvalue weighted by Gasteiger charge is 2.48. The van der Waals surface area contributed by atoms with Gasteiger partial charge in [-0.05, 0) is 44.0 Å². The Bertz CT molecular complexity index is 862. The maximum atomic E-state index is 12.2. The van der Waals surface area contributed by atoms with Crippen LogP contribution in [-0.4, -0.2) is 49.3 Å². The lowest BCUT2D eigenvalue weighted by Crippen LogP contribution is -2.51. The third-order valence-corrected chi connectivity index (χ3v) is 6.95. The molecule has 9 heteroatoms. The lowest BCUT2D eigenvalue weighted by molar-refractivity contribution is -0.132. The van der Waals surface area contributed by atoms with E-state index < -0.39 is 32.7 Å². The molecule has 0 bridgehead atoms. The SMILES string of the molecule is C/C=C(\C)c1ccc(N2C[C@H](C[C@](C)(C(=O)NO)S(C)(=O)=O)OC2=O)cc1. The molecule has 2 rings (SSSR count). The largest absolute Gasteiger partial charge is 0.444 e. The number of nitrogens with one attached hydrogen (secondary N) is 1. The van der Waals surface area contributed by atoms with Gasteiger partial charge in [-0.25, -0.2) is 18.7 Å². The fraction of sp³-hybridized carbons (Fsp3) is 0.444. The van der Waals surface area contributed by atoms with E-state index in [2.05, 4.69) is 0 Å². The molecule has 1 aliphatic rings. The van der Waals surface area contributed by atoms with Crippen molar-refractivity contribution in [2.45, 2.75) is 38.0 Å². The Kier molecular flexibility index (Phi) is 5.96. The Hall–Kier alpha value is -2.39. The first-order valence-corrected chi connectivity index (χ1v) is 10.3. The van der Waals surface area contributed by atoms with Crippen LogP contribution in [0.15, 0.2) is 30.3 Å². The third-order valence-electron chi connectivity index (χ3n) is 4.96. The molecule has 1 aliphatic heterocycles. The minimum absolute atomic E-state index is 0.102. The minimum Gasteiger partial charge on any atom is -0.444 e. The molecular weight excluding hydrogens is 372 g/mol. The summed E-state index contributed by atoms with van der Waals surface area (Å²) < 4.78 is 27.5. The number of hydrogen-bond donors (Lipinski definition) is 2. The van der Waals surface area contributed by atoms with Crippen LogP contribution in [0.4, 0.5) is 10.5 Å².